The van der Waals surface area contributed by atoms with Gasteiger partial charge in [-0.25, -0.2) is 4.39 Å². The number of halogens is 1. The number of non-ortho nitro benzene ring substituents is 1. The highest BCUT2D eigenvalue weighted by Gasteiger charge is 2.13. The summed E-state index contributed by atoms with van der Waals surface area (Å²) in [6.07, 6.45) is 7.28. The van der Waals surface area contributed by atoms with E-state index in [0.29, 0.717) is 18.2 Å². The summed E-state index contributed by atoms with van der Waals surface area (Å²) in [6.45, 7) is 0.489. The zero-order valence-corrected chi connectivity index (χ0v) is 10.9. The number of nitro groups is 1. The van der Waals surface area contributed by atoms with Crippen LogP contribution in [0.2, 0.25) is 0 Å². The van der Waals surface area contributed by atoms with E-state index in [-0.39, 0.29) is 5.69 Å². The number of nitrogens with one attached hydrogen (secondary N) is 1. The predicted octanol–water partition coefficient (Wildman–Crippen LogP) is 3.55. The monoisotopic (exact) mass is 266 g/mol. The first-order valence-electron chi connectivity index (χ1n) is 6.82. The highest BCUT2D eigenvalue weighted by Crippen LogP contribution is 2.19. The molecule has 0 unspecified atom stereocenters. The molecule has 0 heterocycles. The van der Waals surface area contributed by atoms with Crippen LogP contribution in [0.4, 0.5) is 10.1 Å². The molecule has 1 aliphatic carbocycles. The van der Waals surface area contributed by atoms with E-state index < -0.39 is 10.7 Å². The quantitative estimate of drug-likeness (QED) is 0.515. The molecular weight excluding hydrogens is 247 g/mol. The molecule has 0 aliphatic heterocycles. The Labute approximate surface area is 112 Å². The van der Waals surface area contributed by atoms with Crippen molar-refractivity contribution in [1.29, 1.82) is 0 Å². The average Bonchev–Trinajstić information content (AvgIpc) is 2.64. The second kappa shape index (κ2) is 6.61. The maximum absolute atomic E-state index is 13.3. The molecule has 2 rings (SSSR count). The van der Waals surface area contributed by atoms with E-state index in [4.69, 9.17) is 0 Å². The summed E-state index contributed by atoms with van der Waals surface area (Å²) in [6, 6.07) is 4.20. The molecule has 1 saturated carbocycles. The Bertz CT molecular complexity index is 443. The van der Waals surface area contributed by atoms with Crippen LogP contribution < -0.4 is 5.32 Å². The zero-order valence-electron chi connectivity index (χ0n) is 10.9. The van der Waals surface area contributed by atoms with Gasteiger partial charge in [0.1, 0.15) is 5.82 Å². The fourth-order valence-electron chi connectivity index (χ4n) is 2.59. The van der Waals surface area contributed by atoms with Crippen LogP contribution in [0.5, 0.6) is 0 Å². The van der Waals surface area contributed by atoms with E-state index in [1.54, 1.807) is 0 Å². The van der Waals surface area contributed by atoms with Crippen molar-refractivity contribution in [3.05, 3.63) is 39.7 Å². The normalized spacial score (nSPS) is 17.1. The SMILES string of the molecule is O=[N+]([O-])c1cc(F)cc(CNC2CCCCCC2)c1. The minimum absolute atomic E-state index is 0.183. The molecule has 4 nitrogen and oxygen atoms in total. The maximum atomic E-state index is 13.3. The zero-order chi connectivity index (χ0) is 13.7. The Morgan fingerprint density at radius 1 is 1.21 bits per heavy atom. The molecule has 0 amide bonds. The van der Waals surface area contributed by atoms with E-state index in [9.17, 15) is 14.5 Å². The van der Waals surface area contributed by atoms with Crippen molar-refractivity contribution in [2.24, 2.45) is 0 Å². The van der Waals surface area contributed by atoms with Gasteiger partial charge in [0.05, 0.1) is 11.0 Å². The molecule has 1 fully saturated rings. The van der Waals surface area contributed by atoms with Crippen LogP contribution in [0.3, 0.4) is 0 Å². The Balaban J connectivity index is 1.96. The Morgan fingerprint density at radius 3 is 2.53 bits per heavy atom. The van der Waals surface area contributed by atoms with Crippen LogP contribution in [-0.4, -0.2) is 11.0 Å². The lowest BCUT2D eigenvalue weighted by atomic mass is 10.1. The molecule has 0 saturated heterocycles. The van der Waals surface area contributed by atoms with Gasteiger partial charge < -0.3 is 5.32 Å². The molecule has 104 valence electrons. The molecule has 1 N–H and O–H groups in total. The predicted molar refractivity (Wildman–Crippen MR) is 71.4 cm³/mol. The van der Waals surface area contributed by atoms with Gasteiger partial charge in [0.25, 0.3) is 5.69 Å². The molecule has 0 atom stereocenters. The molecule has 0 aromatic heterocycles. The van der Waals surface area contributed by atoms with Crippen molar-refractivity contribution < 1.29 is 9.31 Å². The second-order valence-corrected chi connectivity index (χ2v) is 5.14. The fourth-order valence-corrected chi connectivity index (χ4v) is 2.59. The Kier molecular flexibility index (Phi) is 4.85. The second-order valence-electron chi connectivity index (χ2n) is 5.14. The number of benzene rings is 1. The lowest BCUT2D eigenvalue weighted by Gasteiger charge is -2.16. The summed E-state index contributed by atoms with van der Waals surface area (Å²) < 4.78 is 13.3. The molecule has 5 heteroatoms. The molecular formula is C14H19FN2O2. The van der Waals surface area contributed by atoms with Crippen LogP contribution in [0.25, 0.3) is 0 Å². The maximum Gasteiger partial charge on any atom is 0.272 e. The van der Waals surface area contributed by atoms with Crippen molar-refractivity contribution >= 4 is 5.69 Å². The number of rotatable bonds is 4. The van der Waals surface area contributed by atoms with Gasteiger partial charge in [-0.05, 0) is 24.5 Å². The third-order valence-corrected chi connectivity index (χ3v) is 3.60. The van der Waals surface area contributed by atoms with Crippen LogP contribution in [0.1, 0.15) is 44.1 Å². The summed E-state index contributed by atoms with van der Waals surface area (Å²) in [4.78, 5) is 10.1. The summed E-state index contributed by atoms with van der Waals surface area (Å²) in [7, 11) is 0. The van der Waals surface area contributed by atoms with Gasteiger partial charge in [0.2, 0.25) is 0 Å². The van der Waals surface area contributed by atoms with Crippen molar-refractivity contribution in [3.8, 4) is 0 Å². The Morgan fingerprint density at radius 2 is 1.89 bits per heavy atom. The average molecular weight is 266 g/mol. The topological polar surface area (TPSA) is 55.2 Å². The highest BCUT2D eigenvalue weighted by molar-refractivity contribution is 5.35. The van der Waals surface area contributed by atoms with E-state index in [1.807, 2.05) is 0 Å². The summed E-state index contributed by atoms with van der Waals surface area (Å²) in [5.74, 6) is -0.549. The molecule has 0 spiro atoms. The van der Waals surface area contributed by atoms with Crippen molar-refractivity contribution in [3.63, 3.8) is 0 Å². The van der Waals surface area contributed by atoms with E-state index in [2.05, 4.69) is 5.32 Å². The number of nitrogens with zero attached hydrogens (tertiary/aromatic N) is 1. The summed E-state index contributed by atoms with van der Waals surface area (Å²) in [5, 5.41) is 14.1. The van der Waals surface area contributed by atoms with Crippen LogP contribution in [-0.2, 0) is 6.54 Å². The van der Waals surface area contributed by atoms with Gasteiger partial charge >= 0.3 is 0 Å². The fraction of sp³-hybridized carbons (Fsp3) is 0.571. The van der Waals surface area contributed by atoms with Gasteiger partial charge in [-0.1, -0.05) is 25.7 Å². The first-order chi connectivity index (χ1) is 9.15. The van der Waals surface area contributed by atoms with E-state index >= 15 is 0 Å². The molecule has 1 aromatic rings. The van der Waals surface area contributed by atoms with E-state index in [0.717, 1.165) is 18.9 Å². The Hall–Kier alpha value is -1.49. The number of hydrogen-bond acceptors (Lipinski definition) is 3. The largest absolute Gasteiger partial charge is 0.310 e. The lowest BCUT2D eigenvalue weighted by Crippen LogP contribution is -2.27. The van der Waals surface area contributed by atoms with Crippen molar-refractivity contribution in [2.45, 2.75) is 51.1 Å². The summed E-state index contributed by atoms with van der Waals surface area (Å²) in [5.41, 5.74) is 0.452. The molecule has 1 aromatic carbocycles. The van der Waals surface area contributed by atoms with Crippen molar-refractivity contribution in [2.75, 3.05) is 0 Å². The van der Waals surface area contributed by atoms with Gasteiger partial charge in [-0.3, -0.25) is 10.1 Å². The van der Waals surface area contributed by atoms with Crippen LogP contribution in [0, 0.1) is 15.9 Å². The third-order valence-electron chi connectivity index (χ3n) is 3.60. The van der Waals surface area contributed by atoms with Crippen LogP contribution >= 0.6 is 0 Å². The van der Waals surface area contributed by atoms with Gasteiger partial charge in [0.15, 0.2) is 0 Å². The van der Waals surface area contributed by atoms with Gasteiger partial charge in [-0.2, -0.15) is 0 Å². The highest BCUT2D eigenvalue weighted by atomic mass is 19.1. The minimum atomic E-state index is -0.557. The van der Waals surface area contributed by atoms with Crippen LogP contribution in [0.15, 0.2) is 18.2 Å². The molecule has 1 aliphatic rings. The molecule has 0 radical (unpaired) electrons. The molecule has 19 heavy (non-hydrogen) atoms. The number of nitro benzene ring substituents is 1. The first-order valence-corrected chi connectivity index (χ1v) is 6.82. The lowest BCUT2D eigenvalue weighted by molar-refractivity contribution is -0.385. The first kappa shape index (κ1) is 13.9. The standard InChI is InChI=1S/C14H19FN2O2/c15-12-7-11(8-14(9-12)17(18)19)10-16-13-5-3-1-2-4-6-13/h7-9,13,16H,1-6,10H2. The van der Waals surface area contributed by atoms with Crippen molar-refractivity contribution in [1.82, 2.24) is 5.32 Å². The molecule has 0 bridgehead atoms. The smallest absolute Gasteiger partial charge is 0.272 e. The van der Waals surface area contributed by atoms with Gasteiger partial charge in [-0.15, -0.1) is 0 Å². The van der Waals surface area contributed by atoms with Gasteiger partial charge in [0, 0.05) is 18.7 Å². The minimum Gasteiger partial charge on any atom is -0.310 e. The third kappa shape index (κ3) is 4.28. The number of hydrogen-bond donors (Lipinski definition) is 1. The van der Waals surface area contributed by atoms with E-state index in [1.165, 1.54) is 37.8 Å². The summed E-state index contributed by atoms with van der Waals surface area (Å²) >= 11 is 0.